The first-order valence-electron chi connectivity index (χ1n) is 6.21. The Bertz CT molecular complexity index is 188. The quantitative estimate of drug-likeness (QED) is 0.730. The molecule has 0 bridgehead atoms. The van der Waals surface area contributed by atoms with Gasteiger partial charge in [0.05, 0.1) is 0 Å². The zero-order valence-electron chi connectivity index (χ0n) is 9.80. The van der Waals surface area contributed by atoms with Crippen LogP contribution >= 0.6 is 0 Å². The van der Waals surface area contributed by atoms with Gasteiger partial charge in [0, 0.05) is 12.5 Å². The Labute approximate surface area is 92.8 Å². The second kappa shape index (κ2) is 6.83. The Balaban J connectivity index is 2.11. The van der Waals surface area contributed by atoms with E-state index in [-0.39, 0.29) is 5.91 Å². The molecule has 0 spiro atoms. The highest BCUT2D eigenvalue weighted by Gasteiger charge is 2.15. The Morgan fingerprint density at radius 3 is 2.67 bits per heavy atom. The minimum absolute atomic E-state index is 0.210. The molecule has 1 fully saturated rings. The Kier molecular flexibility index (Phi) is 5.69. The van der Waals surface area contributed by atoms with Crippen molar-refractivity contribution in [2.75, 3.05) is 6.54 Å². The van der Waals surface area contributed by atoms with Crippen LogP contribution in [-0.4, -0.2) is 18.5 Å². The van der Waals surface area contributed by atoms with E-state index in [1.54, 1.807) is 0 Å². The van der Waals surface area contributed by atoms with Crippen LogP contribution in [0, 0.1) is 5.92 Å². The van der Waals surface area contributed by atoms with E-state index in [1.165, 1.54) is 19.3 Å². The number of carbonyl (C=O) groups excluding carboxylic acids is 1. The number of hydrogen-bond donors (Lipinski definition) is 2. The molecule has 1 amide bonds. The first-order valence-corrected chi connectivity index (χ1v) is 6.21. The molecule has 3 N–H and O–H groups in total. The van der Waals surface area contributed by atoms with Gasteiger partial charge in [-0.3, -0.25) is 4.79 Å². The van der Waals surface area contributed by atoms with Gasteiger partial charge in [0.1, 0.15) is 0 Å². The fraction of sp³-hybridized carbons (Fsp3) is 0.917. The number of hydrogen-bond acceptors (Lipinski definition) is 2. The Morgan fingerprint density at radius 2 is 2.07 bits per heavy atom. The number of carbonyl (C=O) groups is 1. The molecule has 0 aliphatic heterocycles. The summed E-state index contributed by atoms with van der Waals surface area (Å²) in [4.78, 5) is 11.6. The van der Waals surface area contributed by atoms with Gasteiger partial charge in [-0.2, -0.15) is 0 Å². The molecular weight excluding hydrogens is 188 g/mol. The number of rotatable bonds is 5. The van der Waals surface area contributed by atoms with Gasteiger partial charge >= 0.3 is 0 Å². The molecule has 1 unspecified atom stereocenters. The summed E-state index contributed by atoms with van der Waals surface area (Å²) in [6.07, 6.45) is 7.74. The molecule has 1 aliphatic carbocycles. The van der Waals surface area contributed by atoms with E-state index in [4.69, 9.17) is 5.73 Å². The van der Waals surface area contributed by atoms with Crippen LogP contribution in [0.1, 0.15) is 51.9 Å². The maximum absolute atomic E-state index is 11.6. The van der Waals surface area contributed by atoms with Crippen molar-refractivity contribution in [3.8, 4) is 0 Å². The molecule has 88 valence electrons. The Morgan fingerprint density at radius 1 is 1.40 bits per heavy atom. The smallest absolute Gasteiger partial charge is 0.220 e. The third kappa shape index (κ3) is 5.17. The van der Waals surface area contributed by atoms with Crippen LogP contribution in [0.3, 0.4) is 0 Å². The number of nitrogens with two attached hydrogens (primary N) is 1. The van der Waals surface area contributed by atoms with Crippen LogP contribution in [0.5, 0.6) is 0 Å². The molecule has 1 saturated carbocycles. The molecule has 0 aromatic carbocycles. The highest BCUT2D eigenvalue weighted by atomic mass is 16.1. The summed E-state index contributed by atoms with van der Waals surface area (Å²) in [5, 5.41) is 3.12. The predicted molar refractivity (Wildman–Crippen MR) is 62.5 cm³/mol. The largest absolute Gasteiger partial charge is 0.353 e. The molecule has 1 rings (SSSR count). The molecule has 15 heavy (non-hydrogen) atoms. The second-order valence-corrected chi connectivity index (χ2v) is 4.78. The molecule has 0 saturated heterocycles. The molecular formula is C12H24N2O. The fourth-order valence-electron chi connectivity index (χ4n) is 2.04. The third-order valence-electron chi connectivity index (χ3n) is 3.24. The molecule has 0 radical (unpaired) electrons. The van der Waals surface area contributed by atoms with E-state index in [0.29, 0.717) is 24.9 Å². The van der Waals surface area contributed by atoms with E-state index in [1.807, 2.05) is 0 Å². The van der Waals surface area contributed by atoms with Crippen LogP contribution < -0.4 is 11.1 Å². The van der Waals surface area contributed by atoms with E-state index in [0.717, 1.165) is 19.3 Å². The predicted octanol–water partition coefficient (Wildman–Crippen LogP) is 1.81. The summed E-state index contributed by atoms with van der Waals surface area (Å²) in [5.41, 5.74) is 5.51. The second-order valence-electron chi connectivity index (χ2n) is 4.78. The summed E-state index contributed by atoms with van der Waals surface area (Å²) in [7, 11) is 0. The molecule has 0 heterocycles. The van der Waals surface area contributed by atoms with Crippen LogP contribution in [-0.2, 0) is 4.79 Å². The van der Waals surface area contributed by atoms with Crippen molar-refractivity contribution in [3.05, 3.63) is 0 Å². The van der Waals surface area contributed by atoms with Crippen molar-refractivity contribution in [1.82, 2.24) is 5.32 Å². The zero-order valence-corrected chi connectivity index (χ0v) is 9.80. The van der Waals surface area contributed by atoms with E-state index in [9.17, 15) is 4.79 Å². The standard InChI is InChI=1S/C12H24N2O/c1-10(9-13)7-8-12(15)14-11-5-3-2-4-6-11/h10-11H,2-9,13H2,1H3,(H,14,15). The fourth-order valence-corrected chi connectivity index (χ4v) is 2.04. The lowest BCUT2D eigenvalue weighted by atomic mass is 9.95. The summed E-state index contributed by atoms with van der Waals surface area (Å²) >= 11 is 0. The normalized spacial score (nSPS) is 19.9. The lowest BCUT2D eigenvalue weighted by molar-refractivity contribution is -0.122. The van der Waals surface area contributed by atoms with Crippen molar-refractivity contribution < 1.29 is 4.79 Å². The van der Waals surface area contributed by atoms with E-state index >= 15 is 0 Å². The summed E-state index contributed by atoms with van der Waals surface area (Å²) < 4.78 is 0. The molecule has 0 aromatic rings. The molecule has 1 atom stereocenters. The number of nitrogens with one attached hydrogen (secondary N) is 1. The zero-order chi connectivity index (χ0) is 11.1. The van der Waals surface area contributed by atoms with Gasteiger partial charge in [0.25, 0.3) is 0 Å². The monoisotopic (exact) mass is 212 g/mol. The van der Waals surface area contributed by atoms with Crippen LogP contribution in [0.15, 0.2) is 0 Å². The van der Waals surface area contributed by atoms with Crippen LogP contribution in [0.4, 0.5) is 0 Å². The van der Waals surface area contributed by atoms with Crippen molar-refractivity contribution in [1.29, 1.82) is 0 Å². The van der Waals surface area contributed by atoms with Gasteiger partial charge in [0.15, 0.2) is 0 Å². The third-order valence-corrected chi connectivity index (χ3v) is 3.24. The van der Waals surface area contributed by atoms with Crippen LogP contribution in [0.25, 0.3) is 0 Å². The first kappa shape index (κ1) is 12.5. The molecule has 0 aromatic heterocycles. The van der Waals surface area contributed by atoms with Crippen molar-refractivity contribution in [2.45, 2.75) is 57.9 Å². The molecule has 1 aliphatic rings. The molecule has 3 heteroatoms. The highest BCUT2D eigenvalue weighted by Crippen LogP contribution is 2.17. The average molecular weight is 212 g/mol. The van der Waals surface area contributed by atoms with Crippen molar-refractivity contribution >= 4 is 5.91 Å². The van der Waals surface area contributed by atoms with Gasteiger partial charge < -0.3 is 11.1 Å². The SMILES string of the molecule is CC(CN)CCC(=O)NC1CCCCC1. The summed E-state index contributed by atoms with van der Waals surface area (Å²) in [6, 6.07) is 0.444. The van der Waals surface area contributed by atoms with E-state index < -0.39 is 0 Å². The lowest BCUT2D eigenvalue weighted by Gasteiger charge is -2.23. The Hall–Kier alpha value is -0.570. The summed E-state index contributed by atoms with van der Waals surface area (Å²) in [6.45, 7) is 2.77. The highest BCUT2D eigenvalue weighted by molar-refractivity contribution is 5.76. The summed E-state index contributed by atoms with van der Waals surface area (Å²) in [5.74, 6) is 0.671. The maximum atomic E-state index is 11.6. The minimum Gasteiger partial charge on any atom is -0.353 e. The minimum atomic E-state index is 0.210. The van der Waals surface area contributed by atoms with Crippen molar-refractivity contribution in [2.24, 2.45) is 11.7 Å². The first-order chi connectivity index (χ1) is 7.22. The van der Waals surface area contributed by atoms with E-state index in [2.05, 4.69) is 12.2 Å². The van der Waals surface area contributed by atoms with Crippen LogP contribution in [0.2, 0.25) is 0 Å². The average Bonchev–Trinajstić information content (AvgIpc) is 2.27. The topological polar surface area (TPSA) is 55.1 Å². The van der Waals surface area contributed by atoms with Gasteiger partial charge in [-0.15, -0.1) is 0 Å². The van der Waals surface area contributed by atoms with Gasteiger partial charge in [0.2, 0.25) is 5.91 Å². The van der Waals surface area contributed by atoms with Gasteiger partial charge in [-0.05, 0) is 31.7 Å². The van der Waals surface area contributed by atoms with Crippen molar-refractivity contribution in [3.63, 3.8) is 0 Å². The molecule has 3 nitrogen and oxygen atoms in total. The maximum Gasteiger partial charge on any atom is 0.220 e. The van der Waals surface area contributed by atoms with Gasteiger partial charge in [-0.25, -0.2) is 0 Å². The number of amides is 1. The van der Waals surface area contributed by atoms with Gasteiger partial charge in [-0.1, -0.05) is 26.2 Å². The lowest BCUT2D eigenvalue weighted by Crippen LogP contribution is -2.36.